The number of fused-ring (bicyclic) bond motifs is 1. The molecule has 0 N–H and O–H groups in total. The molecule has 0 saturated carbocycles. The molecule has 3 rings (SSSR count). The van der Waals surface area contributed by atoms with Crippen LogP contribution in [0.2, 0.25) is 5.15 Å². The van der Waals surface area contributed by atoms with Gasteiger partial charge < -0.3 is 0 Å². The molecule has 0 atom stereocenters. The van der Waals surface area contributed by atoms with Crippen LogP contribution in [-0.2, 0) is 0 Å². The predicted octanol–water partition coefficient (Wildman–Crippen LogP) is 2.62. The molecule has 5 nitrogen and oxygen atoms in total. The number of benzene rings is 1. The fourth-order valence-electron chi connectivity index (χ4n) is 2.00. The number of rotatable bonds is 1. The molecule has 19 heavy (non-hydrogen) atoms. The van der Waals surface area contributed by atoms with E-state index in [9.17, 15) is 0 Å². The maximum atomic E-state index is 8.90. The maximum absolute atomic E-state index is 8.90. The van der Waals surface area contributed by atoms with Crippen molar-refractivity contribution in [1.82, 2.24) is 19.6 Å². The molecule has 6 heteroatoms. The van der Waals surface area contributed by atoms with Gasteiger partial charge in [-0.05, 0) is 24.6 Å². The summed E-state index contributed by atoms with van der Waals surface area (Å²) < 4.78 is 1.63. The lowest BCUT2D eigenvalue weighted by Crippen LogP contribution is -1.98. The largest absolute Gasteiger partial charge is 0.254 e. The first-order valence-corrected chi connectivity index (χ1v) is 5.94. The molecule has 0 radical (unpaired) electrons. The molecule has 0 spiro atoms. The molecule has 0 saturated heterocycles. The van der Waals surface area contributed by atoms with E-state index < -0.39 is 0 Å². The van der Waals surface area contributed by atoms with E-state index in [1.54, 1.807) is 16.6 Å². The number of aryl methyl sites for hydroxylation is 1. The van der Waals surface area contributed by atoms with Gasteiger partial charge in [-0.3, -0.25) is 0 Å². The first-order valence-electron chi connectivity index (χ1n) is 5.56. The molecule has 0 bridgehead atoms. The molecule has 0 amide bonds. The van der Waals surface area contributed by atoms with Gasteiger partial charge in [-0.25, -0.2) is 0 Å². The van der Waals surface area contributed by atoms with Crippen molar-refractivity contribution >= 4 is 17.4 Å². The molecule has 3 aromatic rings. The molecule has 0 aliphatic carbocycles. The van der Waals surface area contributed by atoms with Crippen molar-refractivity contribution in [3.05, 3.63) is 46.9 Å². The van der Waals surface area contributed by atoms with Gasteiger partial charge in [-0.1, -0.05) is 17.7 Å². The highest BCUT2D eigenvalue weighted by atomic mass is 35.5. The van der Waals surface area contributed by atoms with E-state index in [1.807, 2.05) is 19.1 Å². The molecule has 0 aliphatic heterocycles. The lowest BCUT2D eigenvalue weighted by Gasteiger charge is -2.08. The summed E-state index contributed by atoms with van der Waals surface area (Å²) in [5.74, 6) is 0.450. The van der Waals surface area contributed by atoms with Gasteiger partial charge in [0, 0.05) is 11.6 Å². The predicted molar refractivity (Wildman–Crippen MR) is 70.7 cm³/mol. The summed E-state index contributed by atoms with van der Waals surface area (Å²) in [6, 6.07) is 9.32. The van der Waals surface area contributed by atoms with E-state index in [-0.39, 0.29) is 0 Å². The highest BCUT2D eigenvalue weighted by Crippen LogP contribution is 2.25. The lowest BCUT2D eigenvalue weighted by molar-refractivity contribution is 0.946. The summed E-state index contributed by atoms with van der Waals surface area (Å²) in [4.78, 5) is 8.12. The van der Waals surface area contributed by atoms with Crippen molar-refractivity contribution < 1.29 is 0 Å². The fraction of sp³-hybridized carbons (Fsp3) is 0.0769. The van der Waals surface area contributed by atoms with Gasteiger partial charge in [-0.2, -0.15) is 24.8 Å². The van der Waals surface area contributed by atoms with Gasteiger partial charge in [-0.15, -0.1) is 0 Å². The smallest absolute Gasteiger partial charge is 0.199 e. The molecule has 0 unspecified atom stereocenters. The first-order chi connectivity index (χ1) is 9.19. The molecule has 0 aliphatic rings. The third-order valence-corrected chi connectivity index (χ3v) is 3.05. The van der Waals surface area contributed by atoms with Crippen molar-refractivity contribution in [2.75, 3.05) is 0 Å². The summed E-state index contributed by atoms with van der Waals surface area (Å²) in [6.07, 6.45) is 1.43. The van der Waals surface area contributed by atoms with E-state index in [1.165, 1.54) is 6.33 Å². The highest BCUT2D eigenvalue weighted by molar-refractivity contribution is 6.29. The van der Waals surface area contributed by atoms with Crippen LogP contribution in [0.15, 0.2) is 30.6 Å². The van der Waals surface area contributed by atoms with Crippen molar-refractivity contribution in [3.8, 4) is 17.3 Å². The van der Waals surface area contributed by atoms with E-state index >= 15 is 0 Å². The third-order valence-electron chi connectivity index (χ3n) is 2.85. The Bertz CT molecular complexity index is 816. The number of hydrogen-bond acceptors (Lipinski definition) is 4. The molecule has 92 valence electrons. The highest BCUT2D eigenvalue weighted by Gasteiger charge is 2.11. The van der Waals surface area contributed by atoms with Crippen LogP contribution in [0, 0.1) is 18.3 Å². The number of nitriles is 1. The monoisotopic (exact) mass is 269 g/mol. The first kappa shape index (κ1) is 11.6. The second-order valence-electron chi connectivity index (χ2n) is 4.08. The van der Waals surface area contributed by atoms with Crippen molar-refractivity contribution in [3.63, 3.8) is 0 Å². The Kier molecular flexibility index (Phi) is 2.65. The van der Waals surface area contributed by atoms with Gasteiger partial charge in [0.1, 0.15) is 11.5 Å². The van der Waals surface area contributed by atoms with Gasteiger partial charge in [0.05, 0.1) is 17.3 Å². The quantitative estimate of drug-likeness (QED) is 0.637. The SMILES string of the molecule is Cc1cc(C#N)ccc1-c1cc(Cl)nc2ncnn12. The van der Waals surface area contributed by atoms with Gasteiger partial charge in [0.25, 0.3) is 5.78 Å². The van der Waals surface area contributed by atoms with Gasteiger partial charge >= 0.3 is 0 Å². The maximum Gasteiger partial charge on any atom is 0.254 e. The van der Waals surface area contributed by atoms with Crippen LogP contribution in [0.25, 0.3) is 17.0 Å². The van der Waals surface area contributed by atoms with Crippen LogP contribution in [0.5, 0.6) is 0 Å². The zero-order valence-electron chi connectivity index (χ0n) is 10.0. The van der Waals surface area contributed by atoms with Gasteiger partial charge in [0.2, 0.25) is 0 Å². The minimum absolute atomic E-state index is 0.360. The zero-order valence-corrected chi connectivity index (χ0v) is 10.8. The Morgan fingerprint density at radius 1 is 1.32 bits per heavy atom. The van der Waals surface area contributed by atoms with Crippen LogP contribution >= 0.6 is 11.6 Å². The minimum atomic E-state index is 0.360. The molecular weight excluding hydrogens is 262 g/mol. The average molecular weight is 270 g/mol. The fourth-order valence-corrected chi connectivity index (χ4v) is 2.17. The van der Waals surface area contributed by atoms with Crippen LogP contribution in [0.4, 0.5) is 0 Å². The molecule has 2 aromatic heterocycles. The summed E-state index contributed by atoms with van der Waals surface area (Å²) >= 11 is 6.00. The van der Waals surface area contributed by atoms with Crippen molar-refractivity contribution in [1.29, 1.82) is 5.26 Å². The molecule has 1 aromatic carbocycles. The van der Waals surface area contributed by atoms with Gasteiger partial charge in [0.15, 0.2) is 0 Å². The van der Waals surface area contributed by atoms with Crippen LogP contribution in [0.3, 0.4) is 0 Å². The normalized spacial score (nSPS) is 10.6. The average Bonchev–Trinajstić information content (AvgIpc) is 2.85. The van der Waals surface area contributed by atoms with E-state index in [2.05, 4.69) is 21.1 Å². The standard InChI is InChI=1S/C13H8ClN5/c1-8-4-9(6-15)2-3-10(8)11-5-12(14)18-13-16-7-17-19(11)13/h2-5,7H,1H3. The second-order valence-corrected chi connectivity index (χ2v) is 4.46. The van der Waals surface area contributed by atoms with Crippen LogP contribution in [-0.4, -0.2) is 19.6 Å². The topological polar surface area (TPSA) is 66.9 Å². The van der Waals surface area contributed by atoms with Crippen LogP contribution in [0.1, 0.15) is 11.1 Å². The summed E-state index contributed by atoms with van der Waals surface area (Å²) in [6.45, 7) is 1.94. The molecule has 0 fully saturated rings. The number of halogens is 1. The lowest BCUT2D eigenvalue weighted by atomic mass is 10.0. The second kappa shape index (κ2) is 4.34. The number of aromatic nitrogens is 4. The van der Waals surface area contributed by atoms with E-state index in [0.717, 1.165) is 16.8 Å². The van der Waals surface area contributed by atoms with E-state index in [4.69, 9.17) is 16.9 Å². The summed E-state index contributed by atoms with van der Waals surface area (Å²) in [5.41, 5.74) is 3.34. The Morgan fingerprint density at radius 3 is 2.89 bits per heavy atom. The van der Waals surface area contributed by atoms with Crippen LogP contribution < -0.4 is 0 Å². The Morgan fingerprint density at radius 2 is 2.16 bits per heavy atom. The molecule has 2 heterocycles. The Hall–Kier alpha value is -2.45. The summed E-state index contributed by atoms with van der Waals surface area (Å²) in [7, 11) is 0. The Balaban J connectivity index is 2.30. The zero-order chi connectivity index (χ0) is 13.4. The molecular formula is C13H8ClN5. The van der Waals surface area contributed by atoms with Crippen molar-refractivity contribution in [2.24, 2.45) is 0 Å². The van der Waals surface area contributed by atoms with Crippen molar-refractivity contribution in [2.45, 2.75) is 6.92 Å². The Labute approximate surface area is 114 Å². The number of nitrogens with zero attached hydrogens (tertiary/aromatic N) is 5. The van der Waals surface area contributed by atoms with E-state index in [0.29, 0.717) is 16.5 Å². The third kappa shape index (κ3) is 1.92. The summed E-state index contributed by atoms with van der Waals surface area (Å²) in [5, 5.41) is 13.4. The minimum Gasteiger partial charge on any atom is -0.199 e. The number of hydrogen-bond donors (Lipinski definition) is 0.